The Morgan fingerprint density at radius 2 is 1.65 bits per heavy atom. The number of ether oxygens (including phenoxy) is 1. The summed E-state index contributed by atoms with van der Waals surface area (Å²) >= 11 is 6.17. The summed E-state index contributed by atoms with van der Waals surface area (Å²) in [7, 11) is 1.54. The fourth-order valence-corrected chi connectivity index (χ4v) is 3.74. The van der Waals surface area contributed by atoms with Crippen molar-refractivity contribution in [3.63, 3.8) is 0 Å². The number of methoxy groups -OCH3 is 1. The first-order valence-corrected chi connectivity index (χ1v) is 10.2. The molecule has 5 nitrogen and oxygen atoms in total. The molecule has 0 atom stereocenters. The number of aryl methyl sites for hydroxylation is 1. The van der Waals surface area contributed by atoms with Gasteiger partial charge in [0.25, 0.3) is 11.8 Å². The van der Waals surface area contributed by atoms with Gasteiger partial charge in [-0.25, -0.2) is 0 Å². The van der Waals surface area contributed by atoms with Gasteiger partial charge in [-0.3, -0.25) is 14.5 Å². The lowest BCUT2D eigenvalue weighted by molar-refractivity contribution is -0.137. The Morgan fingerprint density at radius 1 is 0.935 bits per heavy atom. The molecule has 2 amide bonds. The monoisotopic (exact) mass is 432 g/mol. The van der Waals surface area contributed by atoms with E-state index in [0.29, 0.717) is 22.0 Å². The minimum absolute atomic E-state index is 0.177. The molecule has 0 aliphatic carbocycles. The highest BCUT2D eigenvalue weighted by Gasteiger charge is 2.40. The summed E-state index contributed by atoms with van der Waals surface area (Å²) in [6.07, 6.45) is 0. The van der Waals surface area contributed by atoms with Gasteiger partial charge in [0.2, 0.25) is 0 Å². The Morgan fingerprint density at radius 3 is 2.39 bits per heavy atom. The van der Waals surface area contributed by atoms with Crippen molar-refractivity contribution in [2.75, 3.05) is 12.4 Å². The van der Waals surface area contributed by atoms with Crippen molar-refractivity contribution < 1.29 is 14.3 Å². The number of hydrogen-bond acceptors (Lipinski definition) is 4. The molecule has 0 aromatic heterocycles. The van der Waals surface area contributed by atoms with Gasteiger partial charge in [-0.05, 0) is 36.2 Å². The molecule has 0 bridgehead atoms. The molecule has 0 spiro atoms. The first-order valence-electron chi connectivity index (χ1n) is 9.80. The van der Waals surface area contributed by atoms with Crippen molar-refractivity contribution in [1.82, 2.24) is 4.90 Å². The van der Waals surface area contributed by atoms with Crippen LogP contribution in [0, 0.1) is 6.92 Å². The fraction of sp³-hybridized carbons (Fsp3) is 0.120. The number of para-hydroxylation sites is 1. The highest BCUT2D eigenvalue weighted by atomic mass is 35.5. The van der Waals surface area contributed by atoms with Crippen LogP contribution < -0.4 is 10.1 Å². The Labute approximate surface area is 185 Å². The molecular formula is C25H21ClN2O3. The minimum Gasteiger partial charge on any atom is -0.496 e. The van der Waals surface area contributed by atoms with Crippen LogP contribution in [-0.2, 0) is 16.1 Å². The van der Waals surface area contributed by atoms with Crippen molar-refractivity contribution in [2.24, 2.45) is 0 Å². The summed E-state index contributed by atoms with van der Waals surface area (Å²) in [5, 5.41) is 3.71. The topological polar surface area (TPSA) is 58.6 Å². The maximum absolute atomic E-state index is 13.5. The van der Waals surface area contributed by atoms with Crippen LogP contribution in [0.4, 0.5) is 5.69 Å². The zero-order chi connectivity index (χ0) is 22.0. The number of carbonyl (C=O) groups is 2. The zero-order valence-corrected chi connectivity index (χ0v) is 17.9. The average Bonchev–Trinajstić information content (AvgIpc) is 3.01. The van der Waals surface area contributed by atoms with E-state index in [1.807, 2.05) is 55.5 Å². The molecule has 6 heteroatoms. The number of amides is 2. The van der Waals surface area contributed by atoms with Gasteiger partial charge in [-0.15, -0.1) is 0 Å². The van der Waals surface area contributed by atoms with Gasteiger partial charge in [-0.1, -0.05) is 66.2 Å². The fourth-order valence-electron chi connectivity index (χ4n) is 3.57. The lowest BCUT2D eigenvalue weighted by Gasteiger charge is -2.16. The third kappa shape index (κ3) is 4.05. The normalized spacial score (nSPS) is 13.7. The van der Waals surface area contributed by atoms with Gasteiger partial charge in [-0.2, -0.15) is 0 Å². The standard InChI is InChI=1S/C25H21ClN2O3/c1-16-12-13-18(26)14-20(16)27-23-22(19-10-6-7-11-21(19)31-2)24(29)28(25(23)30)15-17-8-4-3-5-9-17/h3-14,27H,15H2,1-2H3. The Hall–Kier alpha value is -3.57. The number of nitrogens with one attached hydrogen (secondary N) is 1. The van der Waals surface area contributed by atoms with Gasteiger partial charge in [0.05, 0.1) is 19.2 Å². The lowest BCUT2D eigenvalue weighted by atomic mass is 10.0. The van der Waals surface area contributed by atoms with Gasteiger partial charge in [0.15, 0.2) is 0 Å². The molecule has 156 valence electrons. The molecule has 1 N–H and O–H groups in total. The van der Waals surface area contributed by atoms with E-state index in [4.69, 9.17) is 16.3 Å². The van der Waals surface area contributed by atoms with E-state index < -0.39 is 5.91 Å². The quantitative estimate of drug-likeness (QED) is 0.554. The first-order chi connectivity index (χ1) is 15.0. The Balaban J connectivity index is 1.82. The van der Waals surface area contributed by atoms with Crippen molar-refractivity contribution in [3.8, 4) is 5.75 Å². The van der Waals surface area contributed by atoms with Crippen LogP contribution >= 0.6 is 11.6 Å². The third-order valence-corrected chi connectivity index (χ3v) is 5.42. The highest BCUT2D eigenvalue weighted by Crippen LogP contribution is 2.36. The Kier molecular flexibility index (Phi) is 5.78. The summed E-state index contributed by atoms with van der Waals surface area (Å²) in [5.74, 6) is -0.253. The largest absolute Gasteiger partial charge is 0.496 e. The summed E-state index contributed by atoms with van der Waals surface area (Å²) in [4.78, 5) is 28.1. The van der Waals surface area contributed by atoms with E-state index in [1.165, 1.54) is 12.0 Å². The molecule has 3 aromatic carbocycles. The SMILES string of the molecule is COc1ccccc1C1=C(Nc2cc(Cl)ccc2C)C(=O)N(Cc2ccccc2)C1=O. The number of rotatable bonds is 6. The second kappa shape index (κ2) is 8.66. The second-order valence-electron chi connectivity index (χ2n) is 7.22. The van der Waals surface area contributed by atoms with Crippen molar-refractivity contribution >= 4 is 34.7 Å². The molecule has 1 aliphatic rings. The molecule has 0 fully saturated rings. The van der Waals surface area contributed by atoms with Gasteiger partial charge in [0.1, 0.15) is 11.4 Å². The number of nitrogens with zero attached hydrogens (tertiary/aromatic N) is 1. The van der Waals surface area contributed by atoms with Crippen LogP contribution in [0.5, 0.6) is 5.75 Å². The van der Waals surface area contributed by atoms with Gasteiger partial charge >= 0.3 is 0 Å². The molecular weight excluding hydrogens is 412 g/mol. The number of benzene rings is 3. The van der Waals surface area contributed by atoms with Crippen molar-refractivity contribution in [1.29, 1.82) is 0 Å². The number of halogens is 1. The van der Waals surface area contributed by atoms with Gasteiger partial charge in [0, 0.05) is 16.3 Å². The van der Waals surface area contributed by atoms with Crippen LogP contribution in [-0.4, -0.2) is 23.8 Å². The maximum atomic E-state index is 13.5. The van der Waals surface area contributed by atoms with Crippen LogP contribution in [0.2, 0.25) is 5.02 Å². The number of imide groups is 1. The number of hydrogen-bond donors (Lipinski definition) is 1. The summed E-state index contributed by atoms with van der Waals surface area (Å²) in [5.41, 5.74) is 3.47. The van der Waals surface area contributed by atoms with Crippen LogP contribution in [0.3, 0.4) is 0 Å². The maximum Gasteiger partial charge on any atom is 0.278 e. The van der Waals surface area contributed by atoms with Crippen molar-refractivity contribution in [3.05, 3.63) is 100 Å². The second-order valence-corrected chi connectivity index (χ2v) is 7.65. The Bertz CT molecular complexity index is 1190. The summed E-state index contributed by atoms with van der Waals surface area (Å²) in [6, 6.07) is 22.0. The molecule has 3 aromatic rings. The number of carbonyl (C=O) groups excluding carboxylic acids is 2. The molecule has 1 heterocycles. The lowest BCUT2D eigenvalue weighted by Crippen LogP contribution is -2.32. The third-order valence-electron chi connectivity index (χ3n) is 5.19. The van der Waals surface area contributed by atoms with Crippen LogP contribution in [0.1, 0.15) is 16.7 Å². The van der Waals surface area contributed by atoms with E-state index >= 15 is 0 Å². The highest BCUT2D eigenvalue weighted by molar-refractivity contribution is 6.37. The van der Waals surface area contributed by atoms with Gasteiger partial charge < -0.3 is 10.1 Å². The van der Waals surface area contributed by atoms with E-state index in [1.54, 1.807) is 24.3 Å². The first kappa shape index (κ1) is 20.7. The molecule has 0 saturated heterocycles. The molecule has 1 aliphatic heterocycles. The van der Waals surface area contributed by atoms with E-state index in [2.05, 4.69) is 5.32 Å². The average molecular weight is 433 g/mol. The molecule has 0 unspecified atom stereocenters. The summed E-state index contributed by atoms with van der Waals surface area (Å²) < 4.78 is 5.47. The molecule has 4 rings (SSSR count). The van der Waals surface area contributed by atoms with Crippen LogP contribution in [0.25, 0.3) is 5.57 Å². The smallest absolute Gasteiger partial charge is 0.278 e. The van der Waals surface area contributed by atoms with Crippen molar-refractivity contribution in [2.45, 2.75) is 13.5 Å². The van der Waals surface area contributed by atoms with Crippen LogP contribution in [0.15, 0.2) is 78.5 Å². The zero-order valence-electron chi connectivity index (χ0n) is 17.2. The minimum atomic E-state index is -0.394. The number of anilines is 1. The molecule has 0 saturated carbocycles. The van der Waals surface area contributed by atoms with E-state index in [0.717, 1.165) is 11.1 Å². The predicted molar refractivity (Wildman–Crippen MR) is 122 cm³/mol. The van der Waals surface area contributed by atoms with E-state index in [9.17, 15) is 9.59 Å². The van der Waals surface area contributed by atoms with E-state index in [-0.39, 0.29) is 23.7 Å². The summed E-state index contributed by atoms with van der Waals surface area (Å²) in [6.45, 7) is 2.09. The molecule has 0 radical (unpaired) electrons. The predicted octanol–water partition coefficient (Wildman–Crippen LogP) is 5.05. The molecule has 31 heavy (non-hydrogen) atoms.